The Morgan fingerprint density at radius 1 is 1.44 bits per heavy atom. The lowest BCUT2D eigenvalue weighted by Crippen LogP contribution is -2.52. The van der Waals surface area contributed by atoms with Crippen molar-refractivity contribution in [2.24, 2.45) is 11.7 Å². The molecule has 1 aliphatic heterocycles. The molecule has 1 aliphatic rings. The topological polar surface area (TPSA) is 87.5 Å². The van der Waals surface area contributed by atoms with Gasteiger partial charge in [-0.25, -0.2) is 4.79 Å². The van der Waals surface area contributed by atoms with E-state index in [1.165, 1.54) is 0 Å². The van der Waals surface area contributed by atoms with Crippen molar-refractivity contribution in [2.45, 2.75) is 39.3 Å². The van der Waals surface area contributed by atoms with Crippen molar-refractivity contribution in [2.75, 3.05) is 19.6 Å². The van der Waals surface area contributed by atoms with E-state index in [1.54, 1.807) is 0 Å². The van der Waals surface area contributed by atoms with E-state index in [9.17, 15) is 9.59 Å². The third kappa shape index (κ3) is 5.01. The highest BCUT2D eigenvalue weighted by atomic mass is 16.2. The molecule has 0 aliphatic carbocycles. The van der Waals surface area contributed by atoms with Gasteiger partial charge in [-0.3, -0.25) is 15.0 Å². The average Bonchev–Trinajstić information content (AvgIpc) is 2.21. The van der Waals surface area contributed by atoms with Gasteiger partial charge in [-0.05, 0) is 32.7 Å². The van der Waals surface area contributed by atoms with Gasteiger partial charge in [0.2, 0.25) is 5.91 Å². The number of nitrogens with one attached hydrogen (secondary N) is 2. The van der Waals surface area contributed by atoms with Crippen molar-refractivity contribution in [1.29, 1.82) is 0 Å². The van der Waals surface area contributed by atoms with Gasteiger partial charge in [0.1, 0.15) is 0 Å². The molecule has 0 saturated carbocycles. The van der Waals surface area contributed by atoms with Gasteiger partial charge in [-0.15, -0.1) is 0 Å². The first-order valence-corrected chi connectivity index (χ1v) is 6.46. The van der Waals surface area contributed by atoms with Crippen LogP contribution in [0.1, 0.15) is 27.2 Å². The SMILES string of the molecule is CC(C)NC(=O)NC(=O)CN1CCC(C)C(N)C1. The molecule has 18 heavy (non-hydrogen) atoms. The van der Waals surface area contributed by atoms with Gasteiger partial charge in [0.05, 0.1) is 6.54 Å². The van der Waals surface area contributed by atoms with Crippen LogP contribution in [0.4, 0.5) is 4.79 Å². The van der Waals surface area contributed by atoms with Crippen LogP contribution in [0.25, 0.3) is 0 Å². The zero-order chi connectivity index (χ0) is 13.7. The Morgan fingerprint density at radius 3 is 2.67 bits per heavy atom. The van der Waals surface area contributed by atoms with E-state index in [1.807, 2.05) is 18.7 Å². The first-order valence-electron chi connectivity index (χ1n) is 6.46. The number of carbonyl (C=O) groups excluding carboxylic acids is 2. The quantitative estimate of drug-likeness (QED) is 0.657. The average molecular weight is 256 g/mol. The minimum absolute atomic E-state index is 0.0158. The van der Waals surface area contributed by atoms with Crippen LogP contribution in [0.3, 0.4) is 0 Å². The van der Waals surface area contributed by atoms with Crippen LogP contribution in [0.2, 0.25) is 0 Å². The molecule has 0 bridgehead atoms. The van der Waals surface area contributed by atoms with E-state index in [2.05, 4.69) is 17.6 Å². The summed E-state index contributed by atoms with van der Waals surface area (Å²) < 4.78 is 0. The second-order valence-corrected chi connectivity index (χ2v) is 5.34. The van der Waals surface area contributed by atoms with Crippen molar-refractivity contribution in [3.63, 3.8) is 0 Å². The maximum absolute atomic E-state index is 11.6. The summed E-state index contributed by atoms with van der Waals surface area (Å²) >= 11 is 0. The molecule has 2 atom stereocenters. The number of imide groups is 1. The highest BCUT2D eigenvalue weighted by Crippen LogP contribution is 2.14. The number of rotatable bonds is 3. The highest BCUT2D eigenvalue weighted by molar-refractivity contribution is 5.95. The normalized spacial score (nSPS) is 24.9. The molecular weight excluding hydrogens is 232 g/mol. The van der Waals surface area contributed by atoms with Gasteiger partial charge in [0, 0.05) is 18.6 Å². The molecule has 1 rings (SSSR count). The van der Waals surface area contributed by atoms with E-state index in [-0.39, 0.29) is 24.5 Å². The molecular formula is C12H24N4O2. The van der Waals surface area contributed by atoms with Gasteiger partial charge >= 0.3 is 6.03 Å². The van der Waals surface area contributed by atoms with Crippen LogP contribution < -0.4 is 16.4 Å². The lowest BCUT2D eigenvalue weighted by Gasteiger charge is -2.34. The summed E-state index contributed by atoms with van der Waals surface area (Å²) in [6.07, 6.45) is 0.993. The van der Waals surface area contributed by atoms with Crippen LogP contribution in [0.5, 0.6) is 0 Å². The van der Waals surface area contributed by atoms with Crippen molar-refractivity contribution in [1.82, 2.24) is 15.5 Å². The fraction of sp³-hybridized carbons (Fsp3) is 0.833. The highest BCUT2D eigenvalue weighted by Gasteiger charge is 2.24. The summed E-state index contributed by atoms with van der Waals surface area (Å²) in [5.74, 6) is 0.212. The molecule has 0 aromatic heterocycles. The molecule has 1 saturated heterocycles. The molecule has 6 nitrogen and oxygen atoms in total. The number of urea groups is 1. The van der Waals surface area contributed by atoms with E-state index in [4.69, 9.17) is 5.73 Å². The third-order valence-electron chi connectivity index (χ3n) is 3.14. The van der Waals surface area contributed by atoms with Gasteiger partial charge in [0.15, 0.2) is 0 Å². The molecule has 0 spiro atoms. The van der Waals surface area contributed by atoms with Crippen LogP contribution in [0, 0.1) is 5.92 Å². The largest absolute Gasteiger partial charge is 0.336 e. The maximum Gasteiger partial charge on any atom is 0.321 e. The first-order chi connectivity index (χ1) is 8.38. The molecule has 0 radical (unpaired) electrons. The monoisotopic (exact) mass is 256 g/mol. The number of carbonyl (C=O) groups is 2. The third-order valence-corrected chi connectivity index (χ3v) is 3.14. The zero-order valence-corrected chi connectivity index (χ0v) is 11.4. The van der Waals surface area contributed by atoms with Crippen molar-refractivity contribution < 1.29 is 9.59 Å². The fourth-order valence-electron chi connectivity index (χ4n) is 1.98. The van der Waals surface area contributed by atoms with Crippen LogP contribution in [-0.2, 0) is 4.79 Å². The number of nitrogens with zero attached hydrogens (tertiary/aromatic N) is 1. The molecule has 104 valence electrons. The molecule has 2 unspecified atom stereocenters. The Bertz CT molecular complexity index is 306. The van der Waals surface area contributed by atoms with E-state index >= 15 is 0 Å². The number of amides is 3. The van der Waals surface area contributed by atoms with E-state index in [0.29, 0.717) is 12.5 Å². The Hall–Kier alpha value is -1.14. The summed E-state index contributed by atoms with van der Waals surface area (Å²) in [5, 5.41) is 4.93. The molecule has 1 heterocycles. The number of piperidine rings is 1. The van der Waals surface area contributed by atoms with E-state index < -0.39 is 6.03 Å². The second kappa shape index (κ2) is 6.70. The van der Waals surface area contributed by atoms with Gasteiger partial charge in [0.25, 0.3) is 0 Å². The maximum atomic E-state index is 11.6. The number of hydrogen-bond donors (Lipinski definition) is 3. The zero-order valence-electron chi connectivity index (χ0n) is 11.4. The predicted octanol–water partition coefficient (Wildman–Crippen LogP) is -0.110. The molecule has 3 amide bonds. The summed E-state index contributed by atoms with van der Waals surface area (Å²) in [6, 6.07) is -0.317. The van der Waals surface area contributed by atoms with Crippen LogP contribution >= 0.6 is 0 Å². The van der Waals surface area contributed by atoms with Crippen molar-refractivity contribution in [3.8, 4) is 0 Å². The number of likely N-dealkylation sites (tertiary alicyclic amines) is 1. The molecule has 0 aromatic rings. The van der Waals surface area contributed by atoms with Gasteiger partial charge in [-0.1, -0.05) is 6.92 Å². The second-order valence-electron chi connectivity index (χ2n) is 5.34. The predicted molar refractivity (Wildman–Crippen MR) is 70.0 cm³/mol. The molecule has 4 N–H and O–H groups in total. The fourth-order valence-corrected chi connectivity index (χ4v) is 1.98. The lowest BCUT2D eigenvalue weighted by molar-refractivity contribution is -0.121. The lowest BCUT2D eigenvalue weighted by atomic mass is 9.94. The number of hydrogen-bond acceptors (Lipinski definition) is 4. The molecule has 6 heteroatoms. The number of nitrogens with two attached hydrogens (primary N) is 1. The molecule has 1 fully saturated rings. The smallest absolute Gasteiger partial charge is 0.321 e. The summed E-state index contributed by atoms with van der Waals surface area (Å²) in [7, 11) is 0. The van der Waals surface area contributed by atoms with Crippen molar-refractivity contribution in [3.05, 3.63) is 0 Å². The van der Waals surface area contributed by atoms with Gasteiger partial charge in [-0.2, -0.15) is 0 Å². The summed E-state index contributed by atoms with van der Waals surface area (Å²) in [4.78, 5) is 25.0. The van der Waals surface area contributed by atoms with Crippen molar-refractivity contribution >= 4 is 11.9 Å². The minimum Gasteiger partial charge on any atom is -0.336 e. The standard InChI is InChI=1S/C12H24N4O2/c1-8(2)14-12(18)15-11(17)7-16-5-4-9(3)10(13)6-16/h8-10H,4-7,13H2,1-3H3,(H2,14,15,17,18). The Labute approximate surface area is 108 Å². The van der Waals surface area contributed by atoms with E-state index in [0.717, 1.165) is 13.0 Å². The summed E-state index contributed by atoms with van der Waals surface area (Å²) in [5.41, 5.74) is 5.96. The molecule has 0 aromatic carbocycles. The minimum atomic E-state index is -0.440. The first kappa shape index (κ1) is 14.9. The van der Waals surface area contributed by atoms with Crippen LogP contribution in [0.15, 0.2) is 0 Å². The Balaban J connectivity index is 2.30. The summed E-state index contributed by atoms with van der Waals surface area (Å²) in [6.45, 7) is 7.60. The Morgan fingerprint density at radius 2 is 2.11 bits per heavy atom. The van der Waals surface area contributed by atoms with Gasteiger partial charge < -0.3 is 11.1 Å². The van der Waals surface area contributed by atoms with Crippen LogP contribution in [-0.4, -0.2) is 48.6 Å². The Kier molecular flexibility index (Phi) is 5.55.